The van der Waals surface area contributed by atoms with Crippen LogP contribution in [-0.4, -0.2) is 38.6 Å². The van der Waals surface area contributed by atoms with Gasteiger partial charge >= 0.3 is 0 Å². The van der Waals surface area contributed by atoms with Gasteiger partial charge in [-0.15, -0.1) is 24.0 Å². The summed E-state index contributed by atoms with van der Waals surface area (Å²) in [6.07, 6.45) is 0.891. The molecule has 0 atom stereocenters. The maximum Gasteiger partial charge on any atom is 0.193 e. The maximum absolute atomic E-state index is 5.39. The molecule has 0 amide bonds. The lowest BCUT2D eigenvalue weighted by Gasteiger charge is -2.18. The summed E-state index contributed by atoms with van der Waals surface area (Å²) in [7, 11) is 5.71. The summed E-state index contributed by atoms with van der Waals surface area (Å²) in [5, 5.41) is 3.41. The molecule has 2 rings (SSSR count). The van der Waals surface area contributed by atoms with Crippen LogP contribution >= 0.6 is 24.0 Å². The minimum Gasteiger partial charge on any atom is -0.496 e. The molecule has 4 nitrogen and oxygen atoms in total. The van der Waals surface area contributed by atoms with Crippen molar-refractivity contribution >= 4 is 29.9 Å². The number of para-hydroxylation sites is 1. The van der Waals surface area contributed by atoms with E-state index < -0.39 is 0 Å². The van der Waals surface area contributed by atoms with E-state index >= 15 is 0 Å². The van der Waals surface area contributed by atoms with Crippen LogP contribution in [0.15, 0.2) is 59.6 Å². The molecule has 0 aliphatic carbocycles. The topological polar surface area (TPSA) is 36.9 Å². The van der Waals surface area contributed by atoms with E-state index in [0.29, 0.717) is 6.54 Å². The molecule has 0 radical (unpaired) electrons. The molecule has 0 fully saturated rings. The van der Waals surface area contributed by atoms with Crippen LogP contribution in [0.25, 0.3) is 0 Å². The Labute approximate surface area is 162 Å². The first-order chi connectivity index (χ1) is 11.2. The van der Waals surface area contributed by atoms with Gasteiger partial charge in [0.05, 0.1) is 13.7 Å². The van der Waals surface area contributed by atoms with Crippen molar-refractivity contribution in [2.45, 2.75) is 13.0 Å². The molecule has 1 N–H and O–H groups in total. The number of guanidine groups is 1. The molecule has 130 valence electrons. The normalized spacial score (nSPS) is 10.7. The van der Waals surface area contributed by atoms with E-state index in [0.717, 1.165) is 24.7 Å². The van der Waals surface area contributed by atoms with Gasteiger partial charge in [-0.1, -0.05) is 48.5 Å². The Morgan fingerprint density at radius 1 is 1.04 bits per heavy atom. The Kier molecular flexibility index (Phi) is 9.22. The molecular weight excluding hydrogens is 413 g/mol. The molecule has 0 aliphatic heterocycles. The minimum atomic E-state index is 0. The molecule has 0 aliphatic rings. The van der Waals surface area contributed by atoms with E-state index in [9.17, 15) is 0 Å². The maximum atomic E-state index is 5.39. The van der Waals surface area contributed by atoms with Gasteiger partial charge in [0.15, 0.2) is 5.96 Å². The minimum absolute atomic E-state index is 0. The van der Waals surface area contributed by atoms with Crippen molar-refractivity contribution in [2.24, 2.45) is 4.99 Å². The van der Waals surface area contributed by atoms with E-state index in [2.05, 4.69) is 28.5 Å². The molecule has 0 saturated heterocycles. The van der Waals surface area contributed by atoms with E-state index in [1.165, 1.54) is 11.1 Å². The SMILES string of the molecule is COc1ccccc1CCNC(=NCc1ccccc1)N(C)C.I. The molecule has 0 bridgehead atoms. The number of nitrogens with zero attached hydrogens (tertiary/aromatic N) is 2. The Hall–Kier alpha value is -1.76. The first-order valence-corrected chi connectivity index (χ1v) is 7.82. The monoisotopic (exact) mass is 439 g/mol. The standard InChI is InChI=1S/C19H25N3O.HI/c1-22(2)19(21-15-16-9-5-4-6-10-16)20-14-13-17-11-7-8-12-18(17)23-3;/h4-12H,13-15H2,1-3H3,(H,20,21);1H. The van der Waals surface area contributed by atoms with E-state index in [1.54, 1.807) is 7.11 Å². The Morgan fingerprint density at radius 2 is 1.71 bits per heavy atom. The summed E-state index contributed by atoms with van der Waals surface area (Å²) < 4.78 is 5.39. The number of hydrogen-bond donors (Lipinski definition) is 1. The fourth-order valence-electron chi connectivity index (χ4n) is 2.32. The molecule has 0 saturated carbocycles. The highest BCUT2D eigenvalue weighted by Gasteiger charge is 2.04. The quantitative estimate of drug-likeness (QED) is 0.425. The van der Waals surface area contributed by atoms with Crippen LogP contribution in [0.3, 0.4) is 0 Å². The van der Waals surface area contributed by atoms with Crippen LogP contribution in [0.5, 0.6) is 5.75 Å². The van der Waals surface area contributed by atoms with Crippen LogP contribution in [0.2, 0.25) is 0 Å². The highest BCUT2D eigenvalue weighted by molar-refractivity contribution is 14.0. The van der Waals surface area contributed by atoms with Crippen LogP contribution in [0.1, 0.15) is 11.1 Å². The van der Waals surface area contributed by atoms with Crippen LogP contribution in [0, 0.1) is 0 Å². The van der Waals surface area contributed by atoms with Gasteiger partial charge in [0, 0.05) is 20.6 Å². The third-order valence-electron chi connectivity index (χ3n) is 3.55. The van der Waals surface area contributed by atoms with Crippen molar-refractivity contribution in [2.75, 3.05) is 27.7 Å². The van der Waals surface area contributed by atoms with Gasteiger partial charge in [-0.3, -0.25) is 0 Å². The largest absolute Gasteiger partial charge is 0.496 e. The number of ether oxygens (including phenoxy) is 1. The Morgan fingerprint density at radius 3 is 2.38 bits per heavy atom. The average Bonchev–Trinajstić information content (AvgIpc) is 2.58. The molecule has 0 aromatic heterocycles. The van der Waals surface area contributed by atoms with Gasteiger partial charge in [0.25, 0.3) is 0 Å². The first kappa shape index (κ1) is 20.3. The van der Waals surface area contributed by atoms with Gasteiger partial charge in [-0.2, -0.15) is 0 Å². The average molecular weight is 439 g/mol. The summed E-state index contributed by atoms with van der Waals surface area (Å²) in [6, 6.07) is 18.4. The molecular formula is C19H26IN3O. The van der Waals surface area contributed by atoms with Crippen LogP contribution in [0.4, 0.5) is 0 Å². The van der Waals surface area contributed by atoms with Gasteiger partial charge in [-0.05, 0) is 23.6 Å². The van der Waals surface area contributed by atoms with Crippen molar-refractivity contribution in [3.8, 4) is 5.75 Å². The summed E-state index contributed by atoms with van der Waals surface area (Å²) in [6.45, 7) is 1.49. The number of aliphatic imine (C=N–C) groups is 1. The molecule has 24 heavy (non-hydrogen) atoms. The smallest absolute Gasteiger partial charge is 0.193 e. The van der Waals surface area contributed by atoms with E-state index in [-0.39, 0.29) is 24.0 Å². The van der Waals surface area contributed by atoms with Gasteiger partial charge in [-0.25, -0.2) is 4.99 Å². The molecule has 0 heterocycles. The predicted molar refractivity (Wildman–Crippen MR) is 111 cm³/mol. The number of halogens is 1. The lowest BCUT2D eigenvalue weighted by Crippen LogP contribution is -2.37. The van der Waals surface area contributed by atoms with Gasteiger partial charge < -0.3 is 15.0 Å². The van der Waals surface area contributed by atoms with Crippen molar-refractivity contribution in [3.63, 3.8) is 0 Å². The second-order valence-corrected chi connectivity index (χ2v) is 5.51. The summed E-state index contributed by atoms with van der Waals surface area (Å²) >= 11 is 0. The van der Waals surface area contributed by atoms with E-state index in [4.69, 9.17) is 4.74 Å². The number of methoxy groups -OCH3 is 1. The van der Waals surface area contributed by atoms with Gasteiger partial charge in [0.1, 0.15) is 5.75 Å². The van der Waals surface area contributed by atoms with Crippen molar-refractivity contribution in [1.82, 2.24) is 10.2 Å². The number of hydrogen-bond acceptors (Lipinski definition) is 2. The second-order valence-electron chi connectivity index (χ2n) is 5.51. The molecule has 2 aromatic rings. The highest BCUT2D eigenvalue weighted by Crippen LogP contribution is 2.17. The first-order valence-electron chi connectivity index (χ1n) is 7.82. The third-order valence-corrected chi connectivity index (χ3v) is 3.55. The van der Waals surface area contributed by atoms with E-state index in [1.807, 2.05) is 55.4 Å². The predicted octanol–water partition coefficient (Wildman–Crippen LogP) is 3.56. The van der Waals surface area contributed by atoms with Crippen LogP contribution < -0.4 is 10.1 Å². The zero-order valence-electron chi connectivity index (χ0n) is 14.5. The van der Waals surface area contributed by atoms with Crippen molar-refractivity contribution in [1.29, 1.82) is 0 Å². The summed E-state index contributed by atoms with van der Waals surface area (Å²) in [4.78, 5) is 6.67. The fourth-order valence-corrected chi connectivity index (χ4v) is 2.32. The molecule has 0 spiro atoms. The lowest BCUT2D eigenvalue weighted by atomic mass is 10.1. The zero-order valence-corrected chi connectivity index (χ0v) is 16.9. The summed E-state index contributed by atoms with van der Waals surface area (Å²) in [5.74, 6) is 1.82. The molecule has 2 aromatic carbocycles. The van der Waals surface area contributed by atoms with Crippen LogP contribution in [-0.2, 0) is 13.0 Å². The Balaban J connectivity index is 0.00000288. The van der Waals surface area contributed by atoms with Crippen molar-refractivity contribution in [3.05, 3.63) is 65.7 Å². The third kappa shape index (κ3) is 6.39. The molecule has 5 heteroatoms. The number of rotatable bonds is 6. The number of benzene rings is 2. The number of nitrogens with one attached hydrogen (secondary N) is 1. The fraction of sp³-hybridized carbons (Fsp3) is 0.316. The van der Waals surface area contributed by atoms with Gasteiger partial charge in [0.2, 0.25) is 0 Å². The zero-order chi connectivity index (χ0) is 16.5. The summed E-state index contributed by atoms with van der Waals surface area (Å²) in [5.41, 5.74) is 2.40. The molecule has 0 unspecified atom stereocenters. The lowest BCUT2D eigenvalue weighted by molar-refractivity contribution is 0.409. The highest BCUT2D eigenvalue weighted by atomic mass is 127. The second kappa shape index (κ2) is 10.9. The Bertz CT molecular complexity index is 630. The van der Waals surface area contributed by atoms with Crippen molar-refractivity contribution < 1.29 is 4.74 Å².